The van der Waals surface area contributed by atoms with Crippen LogP contribution in [0, 0.1) is 17.2 Å². The summed E-state index contributed by atoms with van der Waals surface area (Å²) in [4.78, 5) is 0. The number of nitrogens with zero attached hydrogens (tertiary/aromatic N) is 1. The minimum atomic E-state index is -0.422. The standard InChI is InChI=1S/C12H22N2O/c1-3-14-12(2,10-13)7-9-15-8-6-11-4-5-11/h11,14H,3-9H2,1-2H3. The Labute approximate surface area is 92.8 Å². The van der Waals surface area contributed by atoms with Crippen molar-refractivity contribution >= 4 is 0 Å². The summed E-state index contributed by atoms with van der Waals surface area (Å²) in [5.41, 5.74) is -0.422. The zero-order valence-corrected chi connectivity index (χ0v) is 9.88. The maximum atomic E-state index is 9.00. The molecule has 0 spiro atoms. The van der Waals surface area contributed by atoms with Gasteiger partial charge in [0.25, 0.3) is 0 Å². The topological polar surface area (TPSA) is 45.0 Å². The normalized spacial score (nSPS) is 19.5. The molecule has 1 unspecified atom stereocenters. The molecule has 0 saturated heterocycles. The van der Waals surface area contributed by atoms with Gasteiger partial charge in [-0.15, -0.1) is 0 Å². The van der Waals surface area contributed by atoms with E-state index in [9.17, 15) is 0 Å². The van der Waals surface area contributed by atoms with Crippen molar-refractivity contribution in [3.63, 3.8) is 0 Å². The lowest BCUT2D eigenvalue weighted by molar-refractivity contribution is 0.113. The molecule has 3 nitrogen and oxygen atoms in total. The highest BCUT2D eigenvalue weighted by Crippen LogP contribution is 2.32. The fourth-order valence-electron chi connectivity index (χ4n) is 1.61. The highest BCUT2D eigenvalue weighted by atomic mass is 16.5. The second-order valence-corrected chi connectivity index (χ2v) is 4.57. The first-order valence-corrected chi connectivity index (χ1v) is 5.94. The molecule has 3 heteroatoms. The van der Waals surface area contributed by atoms with Crippen molar-refractivity contribution in [2.24, 2.45) is 5.92 Å². The molecule has 1 saturated carbocycles. The van der Waals surface area contributed by atoms with E-state index in [-0.39, 0.29) is 0 Å². The number of nitrogens with one attached hydrogen (secondary N) is 1. The zero-order valence-electron chi connectivity index (χ0n) is 9.88. The number of nitriles is 1. The van der Waals surface area contributed by atoms with Crippen molar-refractivity contribution in [2.45, 2.75) is 45.1 Å². The molecule has 0 radical (unpaired) electrons. The van der Waals surface area contributed by atoms with Gasteiger partial charge in [0.1, 0.15) is 5.54 Å². The maximum absolute atomic E-state index is 9.00. The van der Waals surface area contributed by atoms with Crippen LogP contribution in [-0.2, 0) is 4.74 Å². The van der Waals surface area contributed by atoms with Gasteiger partial charge in [-0.1, -0.05) is 19.8 Å². The molecule has 0 aliphatic heterocycles. The fraction of sp³-hybridized carbons (Fsp3) is 0.917. The molecule has 1 N–H and O–H groups in total. The van der Waals surface area contributed by atoms with Gasteiger partial charge in [-0.25, -0.2) is 0 Å². The highest BCUT2D eigenvalue weighted by molar-refractivity contribution is 5.03. The predicted molar refractivity (Wildman–Crippen MR) is 60.5 cm³/mol. The van der Waals surface area contributed by atoms with Crippen molar-refractivity contribution in [3.8, 4) is 6.07 Å². The molecule has 0 aromatic carbocycles. The summed E-state index contributed by atoms with van der Waals surface area (Å²) in [6.45, 7) is 6.32. The SMILES string of the molecule is CCNC(C)(C#N)CCOCCC1CC1. The van der Waals surface area contributed by atoms with E-state index < -0.39 is 5.54 Å². The van der Waals surface area contributed by atoms with Crippen molar-refractivity contribution in [1.82, 2.24) is 5.32 Å². The smallest absolute Gasteiger partial charge is 0.106 e. The third kappa shape index (κ3) is 5.15. The van der Waals surface area contributed by atoms with Crippen LogP contribution in [0.5, 0.6) is 0 Å². The van der Waals surface area contributed by atoms with Crippen LogP contribution in [0.3, 0.4) is 0 Å². The molecule has 86 valence electrons. The predicted octanol–water partition coefficient (Wildman–Crippen LogP) is 2.08. The van der Waals surface area contributed by atoms with Gasteiger partial charge in [0.2, 0.25) is 0 Å². The average molecular weight is 210 g/mol. The third-order valence-corrected chi connectivity index (χ3v) is 2.93. The first kappa shape index (κ1) is 12.5. The van der Waals surface area contributed by atoms with E-state index >= 15 is 0 Å². The van der Waals surface area contributed by atoms with Crippen LogP contribution in [-0.4, -0.2) is 25.3 Å². The number of hydrogen-bond acceptors (Lipinski definition) is 3. The summed E-state index contributed by atoms with van der Waals surface area (Å²) in [5, 5.41) is 12.2. The van der Waals surface area contributed by atoms with Gasteiger partial charge >= 0.3 is 0 Å². The van der Waals surface area contributed by atoms with Crippen LogP contribution in [0.15, 0.2) is 0 Å². The van der Waals surface area contributed by atoms with E-state index in [2.05, 4.69) is 11.4 Å². The monoisotopic (exact) mass is 210 g/mol. The summed E-state index contributed by atoms with van der Waals surface area (Å²) in [5.74, 6) is 0.932. The van der Waals surface area contributed by atoms with E-state index in [4.69, 9.17) is 10.00 Å². The highest BCUT2D eigenvalue weighted by Gasteiger charge is 2.23. The Balaban J connectivity index is 2.02. The van der Waals surface area contributed by atoms with Crippen molar-refractivity contribution < 1.29 is 4.74 Å². The van der Waals surface area contributed by atoms with Crippen LogP contribution in [0.4, 0.5) is 0 Å². The maximum Gasteiger partial charge on any atom is 0.106 e. The molecule has 0 aromatic heterocycles. The molecule has 0 bridgehead atoms. The number of rotatable bonds is 8. The largest absolute Gasteiger partial charge is 0.381 e. The Morgan fingerprint density at radius 1 is 1.47 bits per heavy atom. The first-order chi connectivity index (χ1) is 7.20. The molecule has 0 amide bonds. The quantitative estimate of drug-likeness (QED) is 0.624. The minimum Gasteiger partial charge on any atom is -0.381 e. The van der Waals surface area contributed by atoms with Crippen LogP contribution in [0.25, 0.3) is 0 Å². The minimum absolute atomic E-state index is 0.422. The van der Waals surface area contributed by atoms with Gasteiger partial charge in [0.15, 0.2) is 0 Å². The molecule has 1 aliphatic rings. The van der Waals surface area contributed by atoms with E-state index in [0.717, 1.165) is 25.5 Å². The Morgan fingerprint density at radius 2 is 2.20 bits per heavy atom. The summed E-state index contributed by atoms with van der Waals surface area (Å²) < 4.78 is 5.54. The number of ether oxygens (including phenoxy) is 1. The van der Waals surface area contributed by atoms with E-state index in [1.54, 1.807) is 0 Å². The Morgan fingerprint density at radius 3 is 2.73 bits per heavy atom. The van der Waals surface area contributed by atoms with Crippen LogP contribution < -0.4 is 5.32 Å². The van der Waals surface area contributed by atoms with Crippen LogP contribution >= 0.6 is 0 Å². The average Bonchev–Trinajstić information content (AvgIpc) is 3.02. The second-order valence-electron chi connectivity index (χ2n) is 4.57. The number of hydrogen-bond donors (Lipinski definition) is 1. The molecule has 1 rings (SSSR count). The lowest BCUT2D eigenvalue weighted by atomic mass is 10.0. The molecule has 1 fully saturated rings. The van der Waals surface area contributed by atoms with Gasteiger partial charge in [-0.2, -0.15) is 5.26 Å². The summed E-state index contributed by atoms with van der Waals surface area (Å²) in [6.07, 6.45) is 4.74. The van der Waals surface area contributed by atoms with Crippen molar-refractivity contribution in [2.75, 3.05) is 19.8 Å². The first-order valence-electron chi connectivity index (χ1n) is 5.94. The Hall–Kier alpha value is -0.590. The molecule has 0 aromatic rings. The summed E-state index contributed by atoms with van der Waals surface area (Å²) >= 11 is 0. The molecule has 1 aliphatic carbocycles. The van der Waals surface area contributed by atoms with Crippen LogP contribution in [0.2, 0.25) is 0 Å². The zero-order chi connectivity index (χ0) is 11.1. The van der Waals surface area contributed by atoms with Crippen molar-refractivity contribution in [1.29, 1.82) is 5.26 Å². The van der Waals surface area contributed by atoms with Gasteiger partial charge < -0.3 is 4.74 Å². The molecule has 15 heavy (non-hydrogen) atoms. The molecule has 1 atom stereocenters. The summed E-state index contributed by atoms with van der Waals surface area (Å²) in [6, 6.07) is 2.30. The van der Waals surface area contributed by atoms with Crippen molar-refractivity contribution in [3.05, 3.63) is 0 Å². The van der Waals surface area contributed by atoms with Gasteiger partial charge in [0, 0.05) is 19.6 Å². The van der Waals surface area contributed by atoms with E-state index in [1.165, 1.54) is 19.3 Å². The Bertz CT molecular complexity index is 220. The van der Waals surface area contributed by atoms with E-state index in [1.807, 2.05) is 13.8 Å². The fourth-order valence-corrected chi connectivity index (χ4v) is 1.61. The third-order valence-electron chi connectivity index (χ3n) is 2.93. The van der Waals surface area contributed by atoms with Gasteiger partial charge in [-0.05, 0) is 25.8 Å². The van der Waals surface area contributed by atoms with Gasteiger partial charge in [-0.3, -0.25) is 5.32 Å². The van der Waals surface area contributed by atoms with Gasteiger partial charge in [0.05, 0.1) is 6.07 Å². The van der Waals surface area contributed by atoms with E-state index in [0.29, 0.717) is 6.61 Å². The molecular formula is C12H22N2O. The summed E-state index contributed by atoms with van der Waals surface area (Å²) in [7, 11) is 0. The van der Waals surface area contributed by atoms with Crippen LogP contribution in [0.1, 0.15) is 39.5 Å². The lowest BCUT2D eigenvalue weighted by Gasteiger charge is -2.22. The lowest BCUT2D eigenvalue weighted by Crippen LogP contribution is -2.41. The second kappa shape index (κ2) is 6.09. The molecular weight excluding hydrogens is 188 g/mol. The Kier molecular flexibility index (Phi) is 5.07. The molecule has 0 heterocycles.